The molecule has 128 valence electrons. The number of anilines is 1. The molecule has 0 unspecified atom stereocenters. The first-order valence-corrected chi connectivity index (χ1v) is 8.46. The Morgan fingerprint density at radius 1 is 1.17 bits per heavy atom. The summed E-state index contributed by atoms with van der Waals surface area (Å²) in [5.41, 5.74) is 0.738. The molecule has 5 heteroatoms. The molecule has 1 saturated carbocycles. The van der Waals surface area contributed by atoms with Gasteiger partial charge in [0.1, 0.15) is 11.4 Å². The average molecular weight is 329 g/mol. The number of benzene rings is 1. The van der Waals surface area contributed by atoms with Gasteiger partial charge in [-0.15, -0.1) is 0 Å². The zero-order valence-electron chi connectivity index (χ0n) is 14.2. The molecule has 1 aromatic carbocycles. The van der Waals surface area contributed by atoms with Crippen LogP contribution >= 0.6 is 0 Å². The minimum absolute atomic E-state index is 0.273. The van der Waals surface area contributed by atoms with E-state index in [2.05, 4.69) is 5.32 Å². The van der Waals surface area contributed by atoms with Crippen LogP contribution in [0.15, 0.2) is 35.4 Å². The molecule has 1 spiro atoms. The van der Waals surface area contributed by atoms with Gasteiger partial charge in [0.15, 0.2) is 0 Å². The van der Waals surface area contributed by atoms with Crippen LogP contribution in [0.25, 0.3) is 0 Å². The highest BCUT2D eigenvalue weighted by atomic mass is 16.6. The van der Waals surface area contributed by atoms with Gasteiger partial charge in [-0.1, -0.05) is 25.0 Å². The number of amides is 1. The number of hydrogen-bond acceptors (Lipinski definition) is 4. The van der Waals surface area contributed by atoms with Crippen molar-refractivity contribution < 1.29 is 19.1 Å². The lowest BCUT2D eigenvalue weighted by Crippen LogP contribution is -2.36. The predicted octanol–water partition coefficient (Wildman–Crippen LogP) is 3.60. The van der Waals surface area contributed by atoms with Gasteiger partial charge in [-0.3, -0.25) is 4.79 Å². The molecular formula is C19H23NO4. The summed E-state index contributed by atoms with van der Waals surface area (Å²) in [6, 6.07) is 7.24. The second-order valence-corrected chi connectivity index (χ2v) is 6.45. The Balaban J connectivity index is 1.92. The van der Waals surface area contributed by atoms with Crippen molar-refractivity contribution in [1.29, 1.82) is 0 Å². The smallest absolute Gasteiger partial charge is 0.335 e. The normalized spacial score (nSPS) is 19.8. The first-order chi connectivity index (χ1) is 11.6. The fourth-order valence-corrected chi connectivity index (χ4v) is 3.71. The summed E-state index contributed by atoms with van der Waals surface area (Å²) >= 11 is 0. The molecule has 1 aromatic rings. The third-order valence-electron chi connectivity index (χ3n) is 4.92. The summed E-state index contributed by atoms with van der Waals surface area (Å²) < 4.78 is 11.0. The van der Waals surface area contributed by atoms with Crippen molar-refractivity contribution in [3.63, 3.8) is 0 Å². The Morgan fingerprint density at radius 2 is 1.83 bits per heavy atom. The van der Waals surface area contributed by atoms with Gasteiger partial charge in [-0.25, -0.2) is 4.79 Å². The zero-order valence-corrected chi connectivity index (χ0v) is 14.2. The zero-order chi connectivity index (χ0) is 17.2. The van der Waals surface area contributed by atoms with Gasteiger partial charge in [0.25, 0.3) is 5.91 Å². The summed E-state index contributed by atoms with van der Waals surface area (Å²) in [5.74, 6) is -0.0592. The van der Waals surface area contributed by atoms with E-state index in [0.29, 0.717) is 35.4 Å². The summed E-state index contributed by atoms with van der Waals surface area (Å²) in [5, 5.41) is 2.89. The Morgan fingerprint density at radius 3 is 2.50 bits per heavy atom. The van der Waals surface area contributed by atoms with E-state index in [0.717, 1.165) is 25.7 Å². The van der Waals surface area contributed by atoms with Crippen molar-refractivity contribution >= 4 is 17.6 Å². The van der Waals surface area contributed by atoms with Crippen LogP contribution in [-0.2, 0) is 14.3 Å². The Bertz CT molecular complexity index is 684. The highest BCUT2D eigenvalue weighted by Gasteiger charge is 2.49. The Kier molecular flexibility index (Phi) is 4.60. The fraction of sp³-hybridized carbons (Fsp3) is 0.474. The molecule has 1 aliphatic heterocycles. The van der Waals surface area contributed by atoms with E-state index in [1.807, 2.05) is 12.1 Å². The summed E-state index contributed by atoms with van der Waals surface area (Å²) in [7, 11) is 1.56. The minimum atomic E-state index is -0.760. The van der Waals surface area contributed by atoms with Gasteiger partial charge in [-0.05, 0) is 44.7 Å². The SMILES string of the molecule is COc1ccccc1NC(=O)C1=C(C)C(=O)OC12CCCCCC2. The molecule has 1 heterocycles. The van der Waals surface area contributed by atoms with Crippen LogP contribution in [-0.4, -0.2) is 24.6 Å². The standard InChI is InChI=1S/C19H23NO4/c1-13-16(17(21)20-14-9-5-6-10-15(14)23-2)19(24-18(13)22)11-7-3-4-8-12-19/h5-6,9-10H,3-4,7-8,11-12H2,1-2H3,(H,20,21). The summed E-state index contributed by atoms with van der Waals surface area (Å²) in [4.78, 5) is 25.1. The van der Waals surface area contributed by atoms with Crippen molar-refractivity contribution in [2.75, 3.05) is 12.4 Å². The second kappa shape index (κ2) is 6.67. The highest BCUT2D eigenvalue weighted by molar-refractivity contribution is 6.12. The maximum atomic E-state index is 13.0. The molecular weight excluding hydrogens is 306 g/mol. The van der Waals surface area contributed by atoms with E-state index >= 15 is 0 Å². The molecule has 0 radical (unpaired) electrons. The van der Waals surface area contributed by atoms with Crippen molar-refractivity contribution in [1.82, 2.24) is 0 Å². The minimum Gasteiger partial charge on any atom is -0.495 e. The molecule has 24 heavy (non-hydrogen) atoms. The van der Waals surface area contributed by atoms with Crippen LogP contribution < -0.4 is 10.1 Å². The van der Waals surface area contributed by atoms with Gasteiger partial charge < -0.3 is 14.8 Å². The van der Waals surface area contributed by atoms with Crippen molar-refractivity contribution in [3.05, 3.63) is 35.4 Å². The van der Waals surface area contributed by atoms with E-state index in [1.165, 1.54) is 0 Å². The monoisotopic (exact) mass is 329 g/mol. The van der Waals surface area contributed by atoms with Gasteiger partial charge in [0, 0.05) is 5.57 Å². The molecule has 5 nitrogen and oxygen atoms in total. The molecule has 1 aliphatic carbocycles. The van der Waals surface area contributed by atoms with E-state index in [1.54, 1.807) is 26.2 Å². The molecule has 3 rings (SSSR count). The number of rotatable bonds is 3. The van der Waals surface area contributed by atoms with Crippen molar-refractivity contribution in [2.24, 2.45) is 0 Å². The van der Waals surface area contributed by atoms with Crippen molar-refractivity contribution in [2.45, 2.75) is 51.0 Å². The maximum Gasteiger partial charge on any atom is 0.335 e. The quantitative estimate of drug-likeness (QED) is 0.861. The number of carbonyl (C=O) groups is 2. The number of methoxy groups -OCH3 is 1. The van der Waals surface area contributed by atoms with E-state index < -0.39 is 5.60 Å². The Labute approximate surface area is 142 Å². The summed E-state index contributed by atoms with van der Waals surface area (Å²) in [6.07, 6.45) is 5.58. The predicted molar refractivity (Wildman–Crippen MR) is 90.8 cm³/mol. The number of esters is 1. The van der Waals surface area contributed by atoms with E-state index in [4.69, 9.17) is 9.47 Å². The van der Waals surface area contributed by atoms with Gasteiger partial charge >= 0.3 is 5.97 Å². The van der Waals surface area contributed by atoms with Crippen LogP contribution in [0.4, 0.5) is 5.69 Å². The number of carbonyl (C=O) groups excluding carboxylic acids is 2. The number of ether oxygens (including phenoxy) is 2. The van der Waals surface area contributed by atoms with Gasteiger partial charge in [0.05, 0.1) is 18.4 Å². The molecule has 0 atom stereocenters. The fourth-order valence-electron chi connectivity index (χ4n) is 3.71. The van der Waals surface area contributed by atoms with Crippen LogP contribution in [0.3, 0.4) is 0 Å². The topological polar surface area (TPSA) is 64.6 Å². The molecule has 1 amide bonds. The molecule has 1 N–H and O–H groups in total. The molecule has 2 aliphatic rings. The van der Waals surface area contributed by atoms with Crippen LogP contribution in [0.5, 0.6) is 5.75 Å². The van der Waals surface area contributed by atoms with Gasteiger partial charge in [-0.2, -0.15) is 0 Å². The number of hydrogen-bond donors (Lipinski definition) is 1. The van der Waals surface area contributed by atoms with Crippen molar-refractivity contribution in [3.8, 4) is 5.75 Å². The second-order valence-electron chi connectivity index (χ2n) is 6.45. The van der Waals surface area contributed by atoms with Gasteiger partial charge in [0.2, 0.25) is 0 Å². The highest BCUT2D eigenvalue weighted by Crippen LogP contribution is 2.43. The first-order valence-electron chi connectivity index (χ1n) is 8.46. The lowest BCUT2D eigenvalue weighted by atomic mass is 9.84. The third kappa shape index (κ3) is 2.90. The third-order valence-corrected chi connectivity index (χ3v) is 4.92. The first kappa shape index (κ1) is 16.6. The lowest BCUT2D eigenvalue weighted by molar-refractivity contribution is -0.148. The lowest BCUT2D eigenvalue weighted by Gasteiger charge is -2.29. The van der Waals surface area contributed by atoms with E-state index in [9.17, 15) is 9.59 Å². The Hall–Kier alpha value is -2.30. The summed E-state index contributed by atoms with van der Waals surface area (Å²) in [6.45, 7) is 1.68. The van der Waals surface area contributed by atoms with Crippen LogP contribution in [0.2, 0.25) is 0 Å². The maximum absolute atomic E-state index is 13.0. The molecule has 1 fully saturated rings. The molecule has 0 bridgehead atoms. The van der Waals surface area contributed by atoms with Crippen LogP contribution in [0, 0.1) is 0 Å². The average Bonchev–Trinajstić information content (AvgIpc) is 2.71. The van der Waals surface area contributed by atoms with E-state index in [-0.39, 0.29) is 11.9 Å². The number of para-hydroxylation sites is 2. The molecule has 0 aromatic heterocycles. The number of nitrogens with one attached hydrogen (secondary N) is 1. The largest absolute Gasteiger partial charge is 0.495 e. The molecule has 0 saturated heterocycles. The van der Waals surface area contributed by atoms with Crippen LogP contribution in [0.1, 0.15) is 45.4 Å².